The molecule has 0 aliphatic heterocycles. The molecule has 4 heteroatoms. The van der Waals surface area contributed by atoms with E-state index in [-0.39, 0.29) is 5.56 Å². The molecule has 1 N–H and O–H groups in total. The highest BCUT2D eigenvalue weighted by atomic mass is 32.1. The molecule has 17 heavy (non-hydrogen) atoms. The Morgan fingerprint density at radius 1 is 1.53 bits per heavy atom. The zero-order valence-corrected chi connectivity index (χ0v) is 11.0. The van der Waals surface area contributed by atoms with Crippen molar-refractivity contribution in [1.82, 2.24) is 9.97 Å². The van der Waals surface area contributed by atoms with Gasteiger partial charge in [-0.05, 0) is 30.7 Å². The van der Waals surface area contributed by atoms with Gasteiger partial charge in [0.1, 0.15) is 10.7 Å². The lowest BCUT2D eigenvalue weighted by atomic mass is 9.89. The highest BCUT2D eigenvalue weighted by Gasteiger charge is 2.22. The van der Waals surface area contributed by atoms with E-state index in [1.807, 2.05) is 6.92 Å². The van der Waals surface area contributed by atoms with Crippen LogP contribution in [0.2, 0.25) is 0 Å². The summed E-state index contributed by atoms with van der Waals surface area (Å²) < 4.78 is 0. The Hall–Kier alpha value is -1.16. The predicted octanol–water partition coefficient (Wildman–Crippen LogP) is 2.67. The number of thiophene rings is 1. The van der Waals surface area contributed by atoms with Crippen LogP contribution < -0.4 is 5.56 Å². The second-order valence-electron chi connectivity index (χ2n) is 4.90. The van der Waals surface area contributed by atoms with Gasteiger partial charge in [-0.3, -0.25) is 4.79 Å². The molecule has 2 heterocycles. The molecule has 0 bridgehead atoms. The molecule has 0 aromatic carbocycles. The van der Waals surface area contributed by atoms with Gasteiger partial charge in [-0.25, -0.2) is 4.98 Å². The normalized spacial score (nSPS) is 19.5. The van der Waals surface area contributed by atoms with Crippen LogP contribution >= 0.6 is 11.3 Å². The van der Waals surface area contributed by atoms with E-state index in [0.717, 1.165) is 41.2 Å². The van der Waals surface area contributed by atoms with Gasteiger partial charge in [-0.15, -0.1) is 11.3 Å². The molecule has 0 fully saturated rings. The van der Waals surface area contributed by atoms with E-state index in [1.165, 1.54) is 16.9 Å². The molecule has 0 radical (unpaired) electrons. The zero-order chi connectivity index (χ0) is 12.0. The first kappa shape index (κ1) is 11.0. The maximum atomic E-state index is 12.1. The highest BCUT2D eigenvalue weighted by molar-refractivity contribution is 7.18. The van der Waals surface area contributed by atoms with Gasteiger partial charge in [0.2, 0.25) is 0 Å². The van der Waals surface area contributed by atoms with Crippen molar-refractivity contribution in [3.8, 4) is 0 Å². The summed E-state index contributed by atoms with van der Waals surface area (Å²) in [5.41, 5.74) is 1.32. The summed E-state index contributed by atoms with van der Waals surface area (Å²) in [6.45, 7) is 4.29. The lowest BCUT2D eigenvalue weighted by molar-refractivity contribution is 0.509. The van der Waals surface area contributed by atoms with Crippen molar-refractivity contribution in [3.63, 3.8) is 0 Å². The molecule has 1 atom stereocenters. The van der Waals surface area contributed by atoms with Crippen molar-refractivity contribution in [2.75, 3.05) is 0 Å². The van der Waals surface area contributed by atoms with Crippen molar-refractivity contribution in [3.05, 3.63) is 26.6 Å². The Kier molecular flexibility index (Phi) is 2.54. The Labute approximate surface area is 104 Å². The summed E-state index contributed by atoms with van der Waals surface area (Å²) in [4.78, 5) is 21.8. The standard InChI is InChI=1S/C13H16N2OS/c1-3-10-14-12(16)11-8-5-4-7(2)6-9(8)17-13(11)15-10/h7H,3-6H2,1-2H3,(H,14,15,16)/t7-/m1/s1. The summed E-state index contributed by atoms with van der Waals surface area (Å²) in [5.74, 6) is 1.54. The summed E-state index contributed by atoms with van der Waals surface area (Å²) in [6, 6.07) is 0. The number of nitrogens with zero attached hydrogens (tertiary/aromatic N) is 1. The Morgan fingerprint density at radius 2 is 2.35 bits per heavy atom. The van der Waals surface area contributed by atoms with E-state index in [0.29, 0.717) is 0 Å². The van der Waals surface area contributed by atoms with Gasteiger partial charge >= 0.3 is 0 Å². The fourth-order valence-electron chi connectivity index (χ4n) is 2.56. The number of fused-ring (bicyclic) bond motifs is 3. The van der Waals surface area contributed by atoms with Crippen LogP contribution in [0.5, 0.6) is 0 Å². The first-order valence-electron chi connectivity index (χ1n) is 6.22. The van der Waals surface area contributed by atoms with Crippen LogP contribution in [-0.4, -0.2) is 9.97 Å². The Bertz CT molecular complexity index is 626. The number of rotatable bonds is 1. The quantitative estimate of drug-likeness (QED) is 0.843. The summed E-state index contributed by atoms with van der Waals surface area (Å²) in [6.07, 6.45) is 4.11. The number of aryl methyl sites for hydroxylation is 2. The molecule has 2 aromatic heterocycles. The SMILES string of the molecule is CCc1nc2sc3c(c2c(=O)[nH]1)CC[C@@H](C)C3. The van der Waals surface area contributed by atoms with Gasteiger partial charge in [0.25, 0.3) is 5.56 Å². The van der Waals surface area contributed by atoms with Crippen molar-refractivity contribution in [2.24, 2.45) is 5.92 Å². The zero-order valence-electron chi connectivity index (χ0n) is 10.2. The minimum absolute atomic E-state index is 0.0545. The fourth-order valence-corrected chi connectivity index (χ4v) is 3.96. The third-order valence-electron chi connectivity index (χ3n) is 3.55. The Balaban J connectivity index is 2.28. The van der Waals surface area contributed by atoms with Gasteiger partial charge in [0.05, 0.1) is 5.39 Å². The number of hydrogen-bond donors (Lipinski definition) is 1. The molecule has 0 saturated heterocycles. The van der Waals surface area contributed by atoms with E-state index in [2.05, 4.69) is 16.9 Å². The van der Waals surface area contributed by atoms with Crippen LogP contribution in [0.15, 0.2) is 4.79 Å². The fraction of sp³-hybridized carbons (Fsp3) is 0.538. The lowest BCUT2D eigenvalue weighted by Crippen LogP contribution is -2.14. The number of aromatic amines is 1. The number of H-pyrrole nitrogens is 1. The number of hydrogen-bond acceptors (Lipinski definition) is 3. The number of nitrogens with one attached hydrogen (secondary N) is 1. The molecule has 90 valence electrons. The molecule has 1 aliphatic carbocycles. The van der Waals surface area contributed by atoms with E-state index in [1.54, 1.807) is 11.3 Å². The summed E-state index contributed by atoms with van der Waals surface area (Å²) in [7, 11) is 0. The van der Waals surface area contributed by atoms with Crippen molar-refractivity contribution >= 4 is 21.6 Å². The van der Waals surface area contributed by atoms with Crippen LogP contribution in [0.25, 0.3) is 10.2 Å². The largest absolute Gasteiger partial charge is 0.310 e. The van der Waals surface area contributed by atoms with Crippen molar-refractivity contribution in [1.29, 1.82) is 0 Å². The van der Waals surface area contributed by atoms with Gasteiger partial charge in [0.15, 0.2) is 0 Å². The first-order valence-corrected chi connectivity index (χ1v) is 7.04. The maximum Gasteiger partial charge on any atom is 0.259 e. The van der Waals surface area contributed by atoms with Crippen LogP contribution in [0, 0.1) is 5.92 Å². The second kappa shape index (κ2) is 3.95. The molecule has 0 saturated carbocycles. The Morgan fingerprint density at radius 3 is 3.12 bits per heavy atom. The monoisotopic (exact) mass is 248 g/mol. The lowest BCUT2D eigenvalue weighted by Gasteiger charge is -2.17. The van der Waals surface area contributed by atoms with Crippen molar-refractivity contribution in [2.45, 2.75) is 39.5 Å². The van der Waals surface area contributed by atoms with Crippen LogP contribution in [0.3, 0.4) is 0 Å². The molecular formula is C13H16N2OS. The smallest absolute Gasteiger partial charge is 0.259 e. The second-order valence-corrected chi connectivity index (χ2v) is 5.98. The van der Waals surface area contributed by atoms with E-state index in [9.17, 15) is 4.79 Å². The molecule has 3 nitrogen and oxygen atoms in total. The van der Waals surface area contributed by atoms with Gasteiger partial charge in [-0.1, -0.05) is 13.8 Å². The van der Waals surface area contributed by atoms with Gasteiger partial charge in [-0.2, -0.15) is 0 Å². The molecule has 0 amide bonds. The minimum Gasteiger partial charge on any atom is -0.310 e. The maximum absolute atomic E-state index is 12.1. The van der Waals surface area contributed by atoms with E-state index >= 15 is 0 Å². The van der Waals surface area contributed by atoms with Crippen LogP contribution in [-0.2, 0) is 19.3 Å². The van der Waals surface area contributed by atoms with Crippen molar-refractivity contribution < 1.29 is 0 Å². The van der Waals surface area contributed by atoms with Gasteiger partial charge in [0, 0.05) is 11.3 Å². The average molecular weight is 248 g/mol. The molecule has 0 spiro atoms. The van der Waals surface area contributed by atoms with Crippen LogP contribution in [0.1, 0.15) is 36.5 Å². The predicted molar refractivity (Wildman–Crippen MR) is 70.8 cm³/mol. The van der Waals surface area contributed by atoms with Crippen LogP contribution in [0.4, 0.5) is 0 Å². The molecule has 3 rings (SSSR count). The molecule has 0 unspecified atom stereocenters. The van der Waals surface area contributed by atoms with Gasteiger partial charge < -0.3 is 4.98 Å². The average Bonchev–Trinajstić information content (AvgIpc) is 2.66. The van der Waals surface area contributed by atoms with E-state index in [4.69, 9.17) is 0 Å². The first-order chi connectivity index (χ1) is 8.19. The molecule has 2 aromatic rings. The third kappa shape index (κ3) is 1.71. The summed E-state index contributed by atoms with van der Waals surface area (Å²) in [5, 5.41) is 0.856. The minimum atomic E-state index is 0.0545. The summed E-state index contributed by atoms with van der Waals surface area (Å²) >= 11 is 1.72. The molecule has 1 aliphatic rings. The van der Waals surface area contributed by atoms with E-state index < -0.39 is 0 Å². The highest BCUT2D eigenvalue weighted by Crippen LogP contribution is 2.35. The molecular weight excluding hydrogens is 232 g/mol. The third-order valence-corrected chi connectivity index (χ3v) is 4.70. The number of aromatic nitrogens is 2. The topological polar surface area (TPSA) is 45.8 Å².